The molecule has 3 rings (SSSR count). The third-order valence-corrected chi connectivity index (χ3v) is 8.01. The van der Waals surface area contributed by atoms with Crippen molar-refractivity contribution < 1.29 is 28.5 Å². The fraction of sp³-hybridized carbons (Fsp3) is 0.579. The van der Waals surface area contributed by atoms with Gasteiger partial charge in [0.25, 0.3) is 0 Å². The van der Waals surface area contributed by atoms with Crippen LogP contribution in [0.5, 0.6) is 11.5 Å². The number of hydrogen-bond donors (Lipinski definition) is 0. The van der Waals surface area contributed by atoms with Crippen LogP contribution in [-0.2, 0) is 19.1 Å². The van der Waals surface area contributed by atoms with Gasteiger partial charge in [-0.25, -0.2) is 9.59 Å². The predicted molar refractivity (Wildman–Crippen MR) is 185 cm³/mol. The molecule has 0 fully saturated rings. The van der Waals surface area contributed by atoms with E-state index in [1.165, 1.54) is 12.8 Å². The minimum Gasteiger partial charge on any atom is -0.477 e. The number of fused-ring (bicyclic) bond motifs is 2. The quantitative estimate of drug-likeness (QED) is 0.0695. The Labute approximate surface area is 275 Å². The average molecular weight is 641 g/mol. The second-order valence-electron chi connectivity index (χ2n) is 12.5. The molecule has 0 aromatic heterocycles. The molecule has 0 spiro atoms. The number of benzene rings is 3. The number of esters is 2. The van der Waals surface area contributed by atoms with Gasteiger partial charge in [-0.3, -0.25) is 0 Å². The van der Waals surface area contributed by atoms with Crippen LogP contribution in [-0.4, -0.2) is 36.4 Å². The van der Waals surface area contributed by atoms with E-state index in [0.717, 1.165) is 67.5 Å². The lowest BCUT2D eigenvalue weighted by molar-refractivity contribution is -0.157. The maximum atomic E-state index is 13.3. The molecule has 0 heterocycles. The summed E-state index contributed by atoms with van der Waals surface area (Å²) in [6.45, 7) is 11.8. The van der Waals surface area contributed by atoms with Gasteiger partial charge in [-0.2, -0.15) is 0 Å². The minimum atomic E-state index is -0.775. The van der Waals surface area contributed by atoms with Crippen molar-refractivity contribution in [2.24, 2.45) is 0 Å². The molecule has 0 amide bonds. The zero-order valence-electron chi connectivity index (χ0n) is 28.2. The van der Waals surface area contributed by atoms with Crippen LogP contribution in [0.2, 0.25) is 5.02 Å². The summed E-state index contributed by atoms with van der Waals surface area (Å²) in [6.07, 6.45) is 9.70. The molecule has 248 valence electrons. The Balaban J connectivity index is 2.08. The fourth-order valence-corrected chi connectivity index (χ4v) is 5.71. The number of ether oxygens (including phenoxy) is 4. The molecule has 0 radical (unpaired) electrons. The number of hydrogen-bond acceptors (Lipinski definition) is 6. The number of rotatable bonds is 20. The fourth-order valence-electron chi connectivity index (χ4n) is 5.54. The van der Waals surface area contributed by atoms with E-state index in [1.54, 1.807) is 6.07 Å². The summed E-state index contributed by atoms with van der Waals surface area (Å²) in [5.74, 6) is 0.381. The maximum Gasteiger partial charge on any atom is 0.347 e. The summed E-state index contributed by atoms with van der Waals surface area (Å²) in [5, 5.41) is 3.55. The number of carbonyl (C=O) groups excluding carboxylic acids is 2. The molecule has 7 heteroatoms. The van der Waals surface area contributed by atoms with Gasteiger partial charge in [0.1, 0.15) is 11.5 Å². The highest BCUT2D eigenvalue weighted by atomic mass is 35.5. The van der Waals surface area contributed by atoms with E-state index in [4.69, 9.17) is 30.5 Å². The lowest BCUT2D eigenvalue weighted by Crippen LogP contribution is -2.32. The normalized spacial score (nSPS) is 12.9. The third-order valence-electron chi connectivity index (χ3n) is 7.78. The van der Waals surface area contributed by atoms with Gasteiger partial charge in [0, 0.05) is 26.6 Å². The number of carbonyl (C=O) groups is 2. The molecule has 2 unspecified atom stereocenters. The van der Waals surface area contributed by atoms with E-state index in [9.17, 15) is 9.59 Å². The van der Waals surface area contributed by atoms with Crippen molar-refractivity contribution >= 4 is 45.1 Å². The van der Waals surface area contributed by atoms with Crippen LogP contribution in [0.1, 0.15) is 119 Å². The molecule has 0 N–H and O–H groups in total. The van der Waals surface area contributed by atoms with E-state index in [1.807, 2.05) is 64.1 Å². The molecule has 0 aliphatic carbocycles. The van der Waals surface area contributed by atoms with Crippen molar-refractivity contribution in [1.29, 1.82) is 0 Å². The summed E-state index contributed by atoms with van der Waals surface area (Å²) in [7, 11) is 0. The zero-order chi connectivity index (χ0) is 32.8. The van der Waals surface area contributed by atoms with Crippen LogP contribution >= 0.6 is 11.6 Å². The Morgan fingerprint density at radius 1 is 0.600 bits per heavy atom. The van der Waals surface area contributed by atoms with Crippen LogP contribution < -0.4 is 9.47 Å². The smallest absolute Gasteiger partial charge is 0.347 e. The minimum absolute atomic E-state index is 0.253. The molecule has 45 heavy (non-hydrogen) atoms. The van der Waals surface area contributed by atoms with Crippen LogP contribution in [0.25, 0.3) is 21.5 Å². The molecule has 2 atom stereocenters. The second kappa shape index (κ2) is 18.9. The summed E-state index contributed by atoms with van der Waals surface area (Å²) in [6, 6.07) is 13.3. The molecule has 0 aliphatic heterocycles. The van der Waals surface area contributed by atoms with Crippen molar-refractivity contribution in [3.63, 3.8) is 0 Å². The first kappa shape index (κ1) is 36.5. The van der Waals surface area contributed by atoms with Crippen LogP contribution in [0, 0.1) is 0 Å². The van der Waals surface area contributed by atoms with E-state index in [2.05, 4.69) is 13.8 Å². The van der Waals surface area contributed by atoms with Crippen LogP contribution in [0.3, 0.4) is 0 Å². The monoisotopic (exact) mass is 640 g/mol. The van der Waals surface area contributed by atoms with Crippen molar-refractivity contribution in [3.8, 4) is 11.5 Å². The topological polar surface area (TPSA) is 71.1 Å². The molecular formula is C38H53ClO6. The second-order valence-corrected chi connectivity index (χ2v) is 12.9. The Bertz CT molecular complexity index is 1370. The van der Waals surface area contributed by atoms with E-state index in [0.29, 0.717) is 34.7 Å². The first-order valence-corrected chi connectivity index (χ1v) is 17.4. The van der Waals surface area contributed by atoms with E-state index >= 15 is 0 Å². The number of halogens is 1. The Hall–Kier alpha value is -2.99. The molecular weight excluding hydrogens is 588 g/mol. The van der Waals surface area contributed by atoms with Gasteiger partial charge in [0.15, 0.2) is 12.2 Å². The largest absolute Gasteiger partial charge is 0.477 e. The molecule has 0 saturated carbocycles. The predicted octanol–water partition coefficient (Wildman–Crippen LogP) is 10.8. The summed E-state index contributed by atoms with van der Waals surface area (Å²) in [5.41, 5.74) is 0. The van der Waals surface area contributed by atoms with Crippen LogP contribution in [0.4, 0.5) is 0 Å². The third kappa shape index (κ3) is 11.1. The highest BCUT2D eigenvalue weighted by Gasteiger charge is 2.29. The van der Waals surface area contributed by atoms with Gasteiger partial charge in [-0.05, 0) is 71.6 Å². The first-order chi connectivity index (χ1) is 21.7. The summed E-state index contributed by atoms with van der Waals surface area (Å²) in [4.78, 5) is 26.6. The Morgan fingerprint density at radius 3 is 1.47 bits per heavy atom. The molecule has 3 aromatic rings. The highest BCUT2D eigenvalue weighted by Crippen LogP contribution is 2.45. The molecule has 0 saturated heterocycles. The molecule has 0 bridgehead atoms. The molecule has 6 nitrogen and oxygen atoms in total. The first-order valence-electron chi connectivity index (χ1n) is 17.0. The van der Waals surface area contributed by atoms with Gasteiger partial charge in [0.2, 0.25) is 0 Å². The zero-order valence-corrected chi connectivity index (χ0v) is 28.9. The Kier molecular flexibility index (Phi) is 15.3. The van der Waals surface area contributed by atoms with Crippen molar-refractivity contribution in [1.82, 2.24) is 0 Å². The van der Waals surface area contributed by atoms with Gasteiger partial charge < -0.3 is 18.9 Å². The summed E-state index contributed by atoms with van der Waals surface area (Å²) < 4.78 is 24.6. The SMILES string of the molecule is CCCCCCCC(Oc1c2ccccc2c(OC(CCCCCCC)C(=O)OC(C)C)c2cc(Cl)ccc12)C(=O)OC(C)C. The Morgan fingerprint density at radius 2 is 1.02 bits per heavy atom. The average Bonchev–Trinajstić information content (AvgIpc) is 2.99. The van der Waals surface area contributed by atoms with Crippen molar-refractivity contribution in [2.45, 2.75) is 143 Å². The lowest BCUT2D eigenvalue weighted by Gasteiger charge is -2.25. The molecule has 0 aliphatic rings. The van der Waals surface area contributed by atoms with E-state index in [-0.39, 0.29) is 24.1 Å². The van der Waals surface area contributed by atoms with Crippen molar-refractivity contribution in [2.75, 3.05) is 0 Å². The van der Waals surface area contributed by atoms with Gasteiger partial charge in [0.05, 0.1) is 12.2 Å². The van der Waals surface area contributed by atoms with Crippen LogP contribution in [0.15, 0.2) is 42.5 Å². The van der Waals surface area contributed by atoms with Gasteiger partial charge in [-0.15, -0.1) is 0 Å². The number of unbranched alkanes of at least 4 members (excludes halogenated alkanes) is 8. The summed E-state index contributed by atoms with van der Waals surface area (Å²) >= 11 is 6.56. The van der Waals surface area contributed by atoms with E-state index < -0.39 is 12.2 Å². The standard InChI is InChI=1S/C38H53ClO6/c1-7-9-11-13-15-21-33(37(40)42-26(3)4)44-35-29-19-17-18-20-30(29)36(32-25-28(39)23-24-31(32)35)45-34(38(41)43-27(5)6)22-16-14-12-10-8-2/h17-20,23-27,33-34H,7-16,21-22H2,1-6H3. The van der Waals surface area contributed by atoms with Gasteiger partial charge in [-0.1, -0.05) is 101 Å². The molecule has 3 aromatic carbocycles. The van der Waals surface area contributed by atoms with Gasteiger partial charge >= 0.3 is 11.9 Å². The lowest BCUT2D eigenvalue weighted by atomic mass is 9.99. The maximum absolute atomic E-state index is 13.3. The highest BCUT2D eigenvalue weighted by molar-refractivity contribution is 6.31. The van der Waals surface area contributed by atoms with Crippen molar-refractivity contribution in [3.05, 3.63) is 47.5 Å².